The van der Waals surface area contributed by atoms with Gasteiger partial charge in [0.2, 0.25) is 0 Å². The fourth-order valence-corrected chi connectivity index (χ4v) is 0.911. The van der Waals surface area contributed by atoms with Crippen molar-refractivity contribution in [3.63, 3.8) is 0 Å². The van der Waals surface area contributed by atoms with Gasteiger partial charge in [-0.15, -0.1) is 0 Å². The zero-order valence-corrected chi connectivity index (χ0v) is 8.09. The lowest BCUT2D eigenvalue weighted by atomic mass is 10.2. The van der Waals surface area contributed by atoms with E-state index in [9.17, 15) is 22.8 Å². The normalized spacial score (nSPS) is 11.2. The number of carbonyl (C=O) groups excluding carboxylic acids is 1. The average Bonchev–Trinajstić information content (AvgIpc) is 2.16. The molecule has 0 saturated heterocycles. The second kappa shape index (κ2) is 4.33. The van der Waals surface area contributed by atoms with Gasteiger partial charge in [0.25, 0.3) is 5.56 Å². The topological polar surface area (TPSA) is 72.0 Å². The minimum absolute atomic E-state index is 0.0397. The maximum absolute atomic E-state index is 12.2. The summed E-state index contributed by atoms with van der Waals surface area (Å²) in [5.74, 6) is -1.11. The molecular formula is C8H7F3N2O3. The highest BCUT2D eigenvalue weighted by Gasteiger charge is 2.34. The van der Waals surface area contributed by atoms with E-state index in [1.807, 2.05) is 0 Å². The Balaban J connectivity index is 3.19. The molecule has 1 aromatic heterocycles. The standard InChI is InChI=1S/C8H7F3N2O3/c1-2-16-7(15)4-3-5(8(9,10)11)12-13-6(4)14/h3H,2H2,1H3,(H,13,14). The summed E-state index contributed by atoms with van der Waals surface area (Å²) in [6, 6.07) is 0.358. The molecule has 0 aliphatic heterocycles. The summed E-state index contributed by atoms with van der Waals surface area (Å²) in [5, 5.41) is 4.37. The second-order valence-corrected chi connectivity index (χ2v) is 2.71. The average molecular weight is 236 g/mol. The predicted octanol–water partition coefficient (Wildman–Crippen LogP) is 0.965. The maximum Gasteiger partial charge on any atom is 0.435 e. The number of nitrogens with one attached hydrogen (secondary N) is 1. The molecule has 16 heavy (non-hydrogen) atoms. The molecule has 0 aliphatic rings. The Morgan fingerprint density at radius 3 is 2.69 bits per heavy atom. The zero-order chi connectivity index (χ0) is 12.3. The van der Waals surface area contributed by atoms with Crippen LogP contribution in [0.25, 0.3) is 0 Å². The number of hydrogen-bond acceptors (Lipinski definition) is 4. The van der Waals surface area contributed by atoms with Gasteiger partial charge in [-0.2, -0.15) is 18.3 Å². The molecule has 88 valence electrons. The molecule has 1 heterocycles. The first-order valence-corrected chi connectivity index (χ1v) is 4.20. The molecule has 0 fully saturated rings. The number of H-pyrrole nitrogens is 1. The highest BCUT2D eigenvalue weighted by molar-refractivity contribution is 5.88. The van der Waals surface area contributed by atoms with Crippen molar-refractivity contribution in [1.82, 2.24) is 10.2 Å². The van der Waals surface area contributed by atoms with Gasteiger partial charge in [-0.3, -0.25) is 4.79 Å². The van der Waals surface area contributed by atoms with Gasteiger partial charge in [-0.05, 0) is 13.0 Å². The van der Waals surface area contributed by atoms with Crippen molar-refractivity contribution in [1.29, 1.82) is 0 Å². The van der Waals surface area contributed by atoms with E-state index >= 15 is 0 Å². The van der Waals surface area contributed by atoms with Crippen LogP contribution in [0.3, 0.4) is 0 Å². The van der Waals surface area contributed by atoms with E-state index in [0.717, 1.165) is 0 Å². The van der Waals surface area contributed by atoms with Crippen LogP contribution in [0.1, 0.15) is 23.0 Å². The predicted molar refractivity (Wildman–Crippen MR) is 45.8 cm³/mol. The fraction of sp³-hybridized carbons (Fsp3) is 0.375. The number of carbonyl (C=O) groups is 1. The van der Waals surface area contributed by atoms with Crippen LogP contribution in [0.15, 0.2) is 10.9 Å². The zero-order valence-electron chi connectivity index (χ0n) is 8.09. The summed E-state index contributed by atoms with van der Waals surface area (Å²) in [6.07, 6.45) is -4.73. The number of aromatic amines is 1. The van der Waals surface area contributed by atoms with Gasteiger partial charge in [0, 0.05) is 0 Å². The van der Waals surface area contributed by atoms with Crippen molar-refractivity contribution in [3.8, 4) is 0 Å². The SMILES string of the molecule is CCOC(=O)c1cc(C(F)(F)F)n[nH]c1=O. The van der Waals surface area contributed by atoms with Crippen LogP contribution in [0.2, 0.25) is 0 Å². The molecule has 0 bridgehead atoms. The van der Waals surface area contributed by atoms with E-state index in [0.29, 0.717) is 6.07 Å². The number of nitrogens with zero attached hydrogens (tertiary/aromatic N) is 1. The van der Waals surface area contributed by atoms with Crippen molar-refractivity contribution < 1.29 is 22.7 Å². The van der Waals surface area contributed by atoms with Crippen LogP contribution in [0.4, 0.5) is 13.2 Å². The lowest BCUT2D eigenvalue weighted by molar-refractivity contribution is -0.141. The van der Waals surface area contributed by atoms with Crippen LogP contribution < -0.4 is 5.56 Å². The third-order valence-electron chi connectivity index (χ3n) is 1.59. The Morgan fingerprint density at radius 1 is 1.56 bits per heavy atom. The lowest BCUT2D eigenvalue weighted by Gasteiger charge is -2.06. The number of esters is 1. The summed E-state index contributed by atoms with van der Waals surface area (Å²) < 4.78 is 41.1. The lowest BCUT2D eigenvalue weighted by Crippen LogP contribution is -2.24. The molecule has 5 nitrogen and oxygen atoms in total. The van der Waals surface area contributed by atoms with E-state index in [1.165, 1.54) is 6.92 Å². The number of alkyl halides is 3. The summed E-state index contributed by atoms with van der Waals surface area (Å²) in [5.41, 5.74) is -3.09. The highest BCUT2D eigenvalue weighted by Crippen LogP contribution is 2.26. The molecule has 0 saturated carbocycles. The minimum atomic E-state index is -4.73. The number of halogens is 3. The number of ether oxygens (including phenoxy) is 1. The number of aromatic nitrogens is 2. The van der Waals surface area contributed by atoms with Crippen molar-refractivity contribution >= 4 is 5.97 Å². The smallest absolute Gasteiger partial charge is 0.435 e. The van der Waals surface area contributed by atoms with Crippen molar-refractivity contribution in [2.24, 2.45) is 0 Å². The summed E-state index contributed by atoms with van der Waals surface area (Å²) in [6.45, 7) is 1.43. The maximum atomic E-state index is 12.2. The van der Waals surface area contributed by atoms with E-state index in [4.69, 9.17) is 0 Å². The van der Waals surface area contributed by atoms with E-state index in [1.54, 1.807) is 5.10 Å². The molecule has 8 heteroatoms. The molecule has 1 N–H and O–H groups in total. The first kappa shape index (κ1) is 12.2. The fourth-order valence-electron chi connectivity index (χ4n) is 0.911. The van der Waals surface area contributed by atoms with E-state index in [-0.39, 0.29) is 6.61 Å². The Hall–Kier alpha value is -1.86. The largest absolute Gasteiger partial charge is 0.462 e. The summed E-state index contributed by atoms with van der Waals surface area (Å²) >= 11 is 0. The summed E-state index contributed by atoms with van der Waals surface area (Å²) in [7, 11) is 0. The first-order chi connectivity index (χ1) is 7.36. The minimum Gasteiger partial charge on any atom is -0.462 e. The third-order valence-corrected chi connectivity index (χ3v) is 1.59. The molecule has 0 unspecified atom stereocenters. The van der Waals surface area contributed by atoms with Gasteiger partial charge in [0.15, 0.2) is 5.69 Å². The Bertz CT molecular complexity index is 453. The molecule has 0 radical (unpaired) electrons. The van der Waals surface area contributed by atoms with Gasteiger partial charge in [0.1, 0.15) is 5.56 Å². The molecule has 1 aromatic rings. The molecule has 0 atom stereocenters. The second-order valence-electron chi connectivity index (χ2n) is 2.71. The monoisotopic (exact) mass is 236 g/mol. The quantitative estimate of drug-likeness (QED) is 0.776. The molecular weight excluding hydrogens is 229 g/mol. The molecule has 0 spiro atoms. The highest BCUT2D eigenvalue weighted by atomic mass is 19.4. The van der Waals surface area contributed by atoms with Gasteiger partial charge in [0.05, 0.1) is 6.61 Å². The van der Waals surface area contributed by atoms with Crippen LogP contribution in [0, 0.1) is 0 Å². The van der Waals surface area contributed by atoms with Gasteiger partial charge in [-0.25, -0.2) is 9.89 Å². The van der Waals surface area contributed by atoms with Crippen LogP contribution in [0.5, 0.6) is 0 Å². The summed E-state index contributed by atoms with van der Waals surface area (Å²) in [4.78, 5) is 22.1. The number of rotatable bonds is 2. The Labute approximate surface area is 87.2 Å². The van der Waals surface area contributed by atoms with Gasteiger partial charge in [-0.1, -0.05) is 0 Å². The van der Waals surface area contributed by atoms with Crippen LogP contribution in [-0.4, -0.2) is 22.8 Å². The molecule has 1 rings (SSSR count). The molecule has 0 aromatic carbocycles. The molecule has 0 amide bonds. The number of hydrogen-bond donors (Lipinski definition) is 1. The van der Waals surface area contributed by atoms with Crippen LogP contribution >= 0.6 is 0 Å². The van der Waals surface area contributed by atoms with Crippen molar-refractivity contribution in [2.45, 2.75) is 13.1 Å². The first-order valence-electron chi connectivity index (χ1n) is 4.20. The van der Waals surface area contributed by atoms with Gasteiger partial charge >= 0.3 is 12.1 Å². The van der Waals surface area contributed by atoms with Gasteiger partial charge < -0.3 is 4.74 Å². The van der Waals surface area contributed by atoms with Crippen molar-refractivity contribution in [2.75, 3.05) is 6.61 Å². The van der Waals surface area contributed by atoms with Crippen LogP contribution in [-0.2, 0) is 10.9 Å². The molecule has 0 aliphatic carbocycles. The van der Waals surface area contributed by atoms with Crippen molar-refractivity contribution in [3.05, 3.63) is 27.7 Å². The third kappa shape index (κ3) is 2.59. The Kier molecular flexibility index (Phi) is 3.31. The van der Waals surface area contributed by atoms with E-state index in [2.05, 4.69) is 9.84 Å². The van der Waals surface area contributed by atoms with E-state index < -0.39 is 29.0 Å². The Morgan fingerprint density at radius 2 is 2.19 bits per heavy atom.